The molecule has 2 fully saturated rings. The van der Waals surface area contributed by atoms with Crippen LogP contribution in [0.2, 0.25) is 0 Å². The zero-order chi connectivity index (χ0) is 42.5. The summed E-state index contributed by atoms with van der Waals surface area (Å²) in [5.41, 5.74) is 8.13. The Morgan fingerprint density at radius 1 is 0.650 bits per heavy atom. The number of likely N-dealkylation sites (tertiary alicyclic amines) is 2. The molecular weight excluding hydrogens is 761 g/mol. The molecule has 5 N–H and O–H groups in total. The van der Waals surface area contributed by atoms with Crippen LogP contribution in [-0.2, 0) is 19.1 Å². The fourth-order valence-electron chi connectivity index (χ4n) is 8.30. The van der Waals surface area contributed by atoms with E-state index in [0.29, 0.717) is 13.1 Å². The highest BCUT2D eigenvalue weighted by Crippen LogP contribution is 2.35. The van der Waals surface area contributed by atoms with Crippen molar-refractivity contribution < 1.29 is 29.0 Å². The molecule has 3 aromatic carbocycles. The first kappa shape index (κ1) is 42.3. The first-order chi connectivity index (χ1) is 28.9. The lowest BCUT2D eigenvalue weighted by atomic mass is 9.98. The van der Waals surface area contributed by atoms with E-state index in [1.807, 2.05) is 49.9 Å². The van der Waals surface area contributed by atoms with Crippen LogP contribution in [0.1, 0.15) is 77.1 Å². The first-order valence-corrected chi connectivity index (χ1v) is 20.8. The number of aliphatic hydroxyl groups is 1. The van der Waals surface area contributed by atoms with Crippen molar-refractivity contribution in [3.05, 3.63) is 96.8 Å². The van der Waals surface area contributed by atoms with Gasteiger partial charge in [0, 0.05) is 20.2 Å². The minimum absolute atomic E-state index is 0.0409. The second-order valence-electron chi connectivity index (χ2n) is 16.3. The number of hydrogen-bond donors (Lipinski definition) is 5. The molecular formula is C46H56N8O6. The molecule has 60 heavy (non-hydrogen) atoms. The molecule has 5 aromatic rings. The van der Waals surface area contributed by atoms with E-state index in [9.17, 15) is 19.5 Å². The molecule has 0 aliphatic carbocycles. The molecule has 0 bridgehead atoms. The number of benzene rings is 3. The molecule has 2 aliphatic rings. The van der Waals surface area contributed by atoms with Crippen LogP contribution < -0.4 is 10.6 Å². The lowest BCUT2D eigenvalue weighted by Gasteiger charge is -2.31. The number of rotatable bonds is 14. The molecule has 14 heteroatoms. The summed E-state index contributed by atoms with van der Waals surface area (Å²) in [4.78, 5) is 59.1. The molecule has 7 rings (SSSR count). The zero-order valence-corrected chi connectivity index (χ0v) is 35.1. The van der Waals surface area contributed by atoms with E-state index >= 15 is 0 Å². The number of hydrogen-bond acceptors (Lipinski definition) is 9. The number of H-pyrrole nitrogens is 2. The van der Waals surface area contributed by atoms with Gasteiger partial charge in [-0.15, -0.1) is 0 Å². The highest BCUT2D eigenvalue weighted by atomic mass is 16.6. The Labute approximate surface area is 351 Å². The molecule has 3 amide bonds. The molecule has 2 aromatic heterocycles. The molecule has 14 nitrogen and oxygen atoms in total. The van der Waals surface area contributed by atoms with Crippen LogP contribution in [0, 0.1) is 11.8 Å². The van der Waals surface area contributed by atoms with Crippen LogP contribution >= 0.6 is 0 Å². The number of ether oxygens (including phenoxy) is 2. The molecule has 2 aliphatic heterocycles. The van der Waals surface area contributed by atoms with Gasteiger partial charge in [-0.05, 0) is 70.9 Å². The van der Waals surface area contributed by atoms with Crippen molar-refractivity contribution in [3.8, 4) is 44.8 Å². The van der Waals surface area contributed by atoms with Gasteiger partial charge in [-0.1, -0.05) is 100 Å². The molecule has 1 unspecified atom stereocenters. The van der Waals surface area contributed by atoms with E-state index in [1.54, 1.807) is 0 Å². The Balaban J connectivity index is 0.977. The van der Waals surface area contributed by atoms with Crippen molar-refractivity contribution in [1.29, 1.82) is 0 Å². The van der Waals surface area contributed by atoms with E-state index in [0.717, 1.165) is 82.1 Å². The van der Waals surface area contributed by atoms with Crippen LogP contribution in [-0.4, -0.2) is 98.6 Å². The zero-order valence-electron chi connectivity index (χ0n) is 35.1. The number of aromatic nitrogens is 4. The topological polar surface area (TPSA) is 178 Å². The van der Waals surface area contributed by atoms with E-state index in [1.165, 1.54) is 14.2 Å². The molecule has 316 valence electrons. The monoisotopic (exact) mass is 816 g/mol. The second-order valence-corrected chi connectivity index (χ2v) is 16.3. The van der Waals surface area contributed by atoms with Gasteiger partial charge in [0.2, 0.25) is 18.2 Å². The maximum absolute atomic E-state index is 13.6. The van der Waals surface area contributed by atoms with Crippen LogP contribution in [0.5, 0.6) is 0 Å². The fraction of sp³-hybridized carbons (Fsp3) is 0.413. The van der Waals surface area contributed by atoms with E-state index in [4.69, 9.17) is 14.5 Å². The minimum atomic E-state index is -1.22. The van der Waals surface area contributed by atoms with Crippen LogP contribution in [0.15, 0.2) is 85.2 Å². The maximum Gasteiger partial charge on any atom is 0.407 e. The smallest absolute Gasteiger partial charge is 0.407 e. The van der Waals surface area contributed by atoms with E-state index in [-0.39, 0.29) is 35.7 Å². The van der Waals surface area contributed by atoms with E-state index < -0.39 is 24.6 Å². The lowest BCUT2D eigenvalue weighted by molar-refractivity contribution is -0.145. The van der Waals surface area contributed by atoms with Gasteiger partial charge < -0.3 is 39.7 Å². The SMILES string of the molecule is COC(=O)N[C@H](C(=O)N1CCC[C@H]1c1ncc(-c2ccc(-c3ccc(-c4ccc(-c5cnc([C@@H]6CCCN6C(=O)[C@@H](NC(O)OC)C(C)C)[nH]5)cc4)cc3)cc2)[nH]1)C(C)C. The number of nitrogens with zero attached hydrogens (tertiary/aromatic N) is 4. The standard InChI is InChI=1S/C46H56N8O6/c1-27(2)39(51-45(57)59-5)43(55)53-23-7-9-37(53)41-47-25-35(49-41)33-19-15-31(16-20-33)29-11-13-30(14-12-29)32-17-21-34(22-18-32)36-26-48-42(50-36)38-10-8-24-54(38)44(56)40(28(3)4)52-46(58)60-6/h11-22,25-28,37-40,45,51,57H,7-10,23-24H2,1-6H3,(H,47,49)(H,48,50)(H,52,58)/t37-,38-,39-,40-,45?/m0/s1. The number of aliphatic hydroxyl groups excluding tert-OH is 1. The number of nitrogens with one attached hydrogen (secondary N) is 4. The van der Waals surface area contributed by atoms with Gasteiger partial charge in [-0.3, -0.25) is 14.9 Å². The quantitative estimate of drug-likeness (QED) is 0.0736. The average Bonchev–Trinajstić information content (AvgIpc) is 4.11. The van der Waals surface area contributed by atoms with Crippen LogP contribution in [0.25, 0.3) is 44.8 Å². The largest absolute Gasteiger partial charge is 0.453 e. The highest BCUT2D eigenvalue weighted by molar-refractivity contribution is 5.86. The van der Waals surface area contributed by atoms with Gasteiger partial charge in [-0.25, -0.2) is 14.8 Å². The summed E-state index contributed by atoms with van der Waals surface area (Å²) in [7, 11) is 2.69. The Kier molecular flexibility index (Phi) is 13.1. The third-order valence-electron chi connectivity index (χ3n) is 11.7. The Morgan fingerprint density at radius 2 is 1.03 bits per heavy atom. The third-order valence-corrected chi connectivity index (χ3v) is 11.7. The predicted molar refractivity (Wildman–Crippen MR) is 229 cm³/mol. The molecule has 2 saturated heterocycles. The van der Waals surface area contributed by atoms with Gasteiger partial charge in [0.15, 0.2) is 0 Å². The van der Waals surface area contributed by atoms with Crippen molar-refractivity contribution in [3.63, 3.8) is 0 Å². The summed E-state index contributed by atoms with van der Waals surface area (Å²) in [6.45, 7) is 8.93. The summed E-state index contributed by atoms with van der Waals surface area (Å²) < 4.78 is 9.72. The Bertz CT molecular complexity index is 2230. The highest BCUT2D eigenvalue weighted by Gasteiger charge is 2.39. The van der Waals surface area contributed by atoms with Gasteiger partial charge in [0.05, 0.1) is 49.0 Å². The summed E-state index contributed by atoms with van der Waals surface area (Å²) in [5.74, 6) is 1.14. The van der Waals surface area contributed by atoms with Crippen molar-refractivity contribution in [2.24, 2.45) is 11.8 Å². The normalized spacial score (nSPS) is 18.2. The van der Waals surface area contributed by atoms with Gasteiger partial charge in [0.25, 0.3) is 0 Å². The van der Waals surface area contributed by atoms with Gasteiger partial charge in [-0.2, -0.15) is 0 Å². The van der Waals surface area contributed by atoms with Crippen LogP contribution in [0.3, 0.4) is 0 Å². The molecule has 0 saturated carbocycles. The number of alkyl carbamates (subject to hydrolysis) is 1. The van der Waals surface area contributed by atoms with E-state index in [2.05, 4.69) is 98.4 Å². The molecule has 0 radical (unpaired) electrons. The first-order valence-electron chi connectivity index (χ1n) is 20.8. The Hall–Kier alpha value is -5.83. The minimum Gasteiger partial charge on any atom is -0.453 e. The summed E-state index contributed by atoms with van der Waals surface area (Å²) in [6, 6.07) is 23.6. The number of carbonyl (C=O) groups is 3. The second kappa shape index (κ2) is 18.6. The number of methoxy groups -OCH3 is 2. The maximum atomic E-state index is 13.6. The number of aromatic amines is 2. The van der Waals surface area contributed by atoms with Crippen LogP contribution in [0.4, 0.5) is 4.79 Å². The number of amides is 3. The van der Waals surface area contributed by atoms with Crippen molar-refractivity contribution in [1.82, 2.24) is 40.4 Å². The predicted octanol–water partition coefficient (Wildman–Crippen LogP) is 7.04. The lowest BCUT2D eigenvalue weighted by Crippen LogP contribution is -2.52. The summed E-state index contributed by atoms with van der Waals surface area (Å²) >= 11 is 0. The number of imidazole rings is 2. The summed E-state index contributed by atoms with van der Waals surface area (Å²) in [6.07, 6.45) is 5.13. The van der Waals surface area contributed by atoms with Gasteiger partial charge in [0.1, 0.15) is 17.7 Å². The molecule has 0 spiro atoms. The third kappa shape index (κ3) is 9.15. The molecule has 5 atom stereocenters. The van der Waals surface area contributed by atoms with Gasteiger partial charge >= 0.3 is 6.09 Å². The summed E-state index contributed by atoms with van der Waals surface area (Å²) in [5, 5.41) is 15.6. The van der Waals surface area contributed by atoms with Crippen molar-refractivity contribution in [2.75, 3.05) is 27.3 Å². The fourth-order valence-corrected chi connectivity index (χ4v) is 8.30. The van der Waals surface area contributed by atoms with Crippen molar-refractivity contribution >= 4 is 17.9 Å². The van der Waals surface area contributed by atoms with Crippen molar-refractivity contribution in [2.45, 2.75) is 84.0 Å². The molecule has 4 heterocycles. The number of carbonyl (C=O) groups excluding carboxylic acids is 3. The Morgan fingerprint density at radius 3 is 1.40 bits per heavy atom. The average molecular weight is 817 g/mol.